The molecule has 1 atom stereocenters. The molecule has 4 rings (SSSR count). The van der Waals surface area contributed by atoms with Crippen LogP contribution >= 0.6 is 0 Å². The monoisotopic (exact) mass is 483 g/mol. The summed E-state index contributed by atoms with van der Waals surface area (Å²) in [6.07, 6.45) is 3.64. The lowest BCUT2D eigenvalue weighted by molar-refractivity contribution is -0.136. The van der Waals surface area contributed by atoms with Gasteiger partial charge in [0.1, 0.15) is 22.9 Å². The minimum Gasteiger partial charge on any atom is -0.425 e. The van der Waals surface area contributed by atoms with E-state index in [-0.39, 0.29) is 22.8 Å². The smallest absolute Gasteiger partial charge is 0.318 e. The Bertz CT molecular complexity index is 1330. The van der Waals surface area contributed by atoms with E-state index >= 15 is 0 Å². The van der Waals surface area contributed by atoms with Gasteiger partial charge < -0.3 is 10.1 Å². The summed E-state index contributed by atoms with van der Waals surface area (Å²) >= 11 is 0. The molecule has 188 valence electrons. The van der Waals surface area contributed by atoms with Crippen LogP contribution in [0, 0.1) is 5.41 Å². The lowest BCUT2D eigenvalue weighted by Crippen LogP contribution is -2.36. The zero-order valence-corrected chi connectivity index (χ0v) is 22.2. The Labute approximate surface area is 214 Å². The Hall–Kier alpha value is -3.60. The van der Waals surface area contributed by atoms with Crippen molar-refractivity contribution >= 4 is 17.4 Å². The number of rotatable bonds is 8. The molecule has 0 saturated heterocycles. The number of hydrogen-bond acceptors (Lipinski definition) is 4. The number of para-hydroxylation sites is 1. The zero-order valence-electron chi connectivity index (χ0n) is 22.2. The summed E-state index contributed by atoms with van der Waals surface area (Å²) in [5.41, 5.74) is 3.30. The Kier molecular flexibility index (Phi) is 7.21. The lowest BCUT2D eigenvalue weighted by atomic mass is 9.82. The van der Waals surface area contributed by atoms with Gasteiger partial charge in [-0.2, -0.15) is 0 Å². The molecule has 0 fully saturated rings. The van der Waals surface area contributed by atoms with Gasteiger partial charge in [0.2, 0.25) is 0 Å². The number of carbonyl (C=O) groups excluding carboxylic acids is 1. The van der Waals surface area contributed by atoms with E-state index < -0.39 is 0 Å². The van der Waals surface area contributed by atoms with Crippen molar-refractivity contribution in [2.75, 3.05) is 5.32 Å². The summed E-state index contributed by atoms with van der Waals surface area (Å²) in [5, 5.41) is 3.77. The minimum atomic E-state index is -0.330. The summed E-state index contributed by atoms with van der Waals surface area (Å²) in [6.45, 7) is 13.2. The molecule has 0 aliphatic carbocycles. The highest BCUT2D eigenvalue weighted by Crippen LogP contribution is 2.39. The molecule has 0 amide bonds. The van der Waals surface area contributed by atoms with Crippen molar-refractivity contribution in [2.24, 2.45) is 5.41 Å². The predicted molar refractivity (Wildman–Crippen MR) is 148 cm³/mol. The van der Waals surface area contributed by atoms with Crippen LogP contribution in [0.25, 0.3) is 16.9 Å². The molecule has 4 aromatic rings. The molecule has 1 unspecified atom stereocenters. The van der Waals surface area contributed by atoms with Gasteiger partial charge in [0, 0.05) is 17.3 Å². The van der Waals surface area contributed by atoms with Crippen LogP contribution in [0.5, 0.6) is 5.75 Å². The summed E-state index contributed by atoms with van der Waals surface area (Å²) in [5.74, 6) is 0.807. The van der Waals surface area contributed by atoms with E-state index in [1.54, 1.807) is 0 Å². The number of ether oxygens (including phenoxy) is 1. The molecule has 36 heavy (non-hydrogen) atoms. The molecule has 0 aliphatic rings. The first kappa shape index (κ1) is 25.5. The van der Waals surface area contributed by atoms with Gasteiger partial charge in [-0.05, 0) is 61.9 Å². The fourth-order valence-corrected chi connectivity index (χ4v) is 5.15. The van der Waals surface area contributed by atoms with Gasteiger partial charge in [-0.1, -0.05) is 76.2 Å². The number of pyridine rings is 1. The number of anilines is 1. The number of nitrogens with one attached hydrogen (secondary N) is 1. The van der Waals surface area contributed by atoms with Crippen molar-refractivity contribution in [1.29, 1.82) is 0 Å². The average molecular weight is 484 g/mol. The summed E-state index contributed by atoms with van der Waals surface area (Å²) < 4.78 is 8.12. The van der Waals surface area contributed by atoms with Gasteiger partial charge in [0.15, 0.2) is 0 Å². The maximum atomic E-state index is 13.3. The number of esters is 1. The standard InChI is InChI=1S/C31H37N3O2/c1-7-23(22-15-9-8-10-16-22)29(35)36-25-18-12-11-17-24(25)27-28(33-31(5,6)21-30(2,3)4)34-20-14-13-19-26(34)32-27/h8-20,23,33H,7,21H2,1-6H3. The Morgan fingerprint density at radius 3 is 2.31 bits per heavy atom. The molecule has 2 aromatic carbocycles. The molecule has 5 nitrogen and oxygen atoms in total. The second kappa shape index (κ2) is 10.2. The summed E-state index contributed by atoms with van der Waals surface area (Å²) in [4.78, 5) is 18.3. The molecule has 2 aromatic heterocycles. The number of hydrogen-bond donors (Lipinski definition) is 1. The second-order valence-electron chi connectivity index (χ2n) is 11.3. The molecule has 0 bridgehead atoms. The minimum absolute atomic E-state index is 0.150. The maximum Gasteiger partial charge on any atom is 0.318 e. The zero-order chi connectivity index (χ0) is 25.9. The molecule has 0 radical (unpaired) electrons. The van der Waals surface area contributed by atoms with E-state index in [1.807, 2.05) is 85.9 Å². The highest BCUT2D eigenvalue weighted by atomic mass is 16.5. The quantitative estimate of drug-likeness (QED) is 0.206. The van der Waals surface area contributed by atoms with Crippen LogP contribution in [0.2, 0.25) is 0 Å². The topological polar surface area (TPSA) is 55.6 Å². The van der Waals surface area contributed by atoms with Crippen LogP contribution in [0.3, 0.4) is 0 Å². The molecule has 5 heteroatoms. The predicted octanol–water partition coefficient (Wildman–Crippen LogP) is 7.73. The maximum absolute atomic E-state index is 13.3. The van der Waals surface area contributed by atoms with Crippen molar-refractivity contribution < 1.29 is 9.53 Å². The van der Waals surface area contributed by atoms with Crippen molar-refractivity contribution in [3.63, 3.8) is 0 Å². The highest BCUT2D eigenvalue weighted by Gasteiger charge is 2.29. The van der Waals surface area contributed by atoms with Crippen molar-refractivity contribution in [1.82, 2.24) is 9.38 Å². The molecule has 2 heterocycles. The van der Waals surface area contributed by atoms with Gasteiger partial charge in [0.25, 0.3) is 0 Å². The Morgan fingerprint density at radius 1 is 0.944 bits per heavy atom. The molecule has 0 aliphatic heterocycles. The largest absolute Gasteiger partial charge is 0.425 e. The number of nitrogens with zero attached hydrogens (tertiary/aromatic N) is 2. The van der Waals surface area contributed by atoms with Crippen LogP contribution in [0.15, 0.2) is 79.0 Å². The molecule has 0 spiro atoms. The van der Waals surface area contributed by atoms with Gasteiger partial charge in [-0.3, -0.25) is 9.20 Å². The van der Waals surface area contributed by atoms with Gasteiger partial charge in [-0.25, -0.2) is 4.98 Å². The fraction of sp³-hybridized carbons (Fsp3) is 0.355. The van der Waals surface area contributed by atoms with Crippen molar-refractivity contribution in [3.8, 4) is 17.0 Å². The molecular weight excluding hydrogens is 446 g/mol. The van der Waals surface area contributed by atoms with Gasteiger partial charge in [-0.15, -0.1) is 0 Å². The highest BCUT2D eigenvalue weighted by molar-refractivity contribution is 5.85. The van der Waals surface area contributed by atoms with Crippen LogP contribution in [-0.2, 0) is 4.79 Å². The number of benzene rings is 2. The SMILES string of the molecule is CCC(C(=O)Oc1ccccc1-c1nc2ccccn2c1NC(C)(C)CC(C)(C)C)c1ccccc1. The third kappa shape index (κ3) is 5.78. The van der Waals surface area contributed by atoms with Crippen molar-refractivity contribution in [2.45, 2.75) is 65.8 Å². The van der Waals surface area contributed by atoms with Crippen LogP contribution in [-0.4, -0.2) is 20.9 Å². The first-order valence-corrected chi connectivity index (χ1v) is 12.7. The fourth-order valence-electron chi connectivity index (χ4n) is 5.15. The van der Waals surface area contributed by atoms with E-state index in [0.29, 0.717) is 12.2 Å². The summed E-state index contributed by atoms with van der Waals surface area (Å²) in [6, 6.07) is 23.4. The summed E-state index contributed by atoms with van der Waals surface area (Å²) in [7, 11) is 0. The van der Waals surface area contributed by atoms with Crippen LogP contribution in [0.1, 0.15) is 65.9 Å². The first-order chi connectivity index (χ1) is 17.1. The number of carbonyl (C=O) groups is 1. The Morgan fingerprint density at radius 2 is 1.61 bits per heavy atom. The number of fused-ring (bicyclic) bond motifs is 1. The number of imidazole rings is 1. The number of aromatic nitrogens is 2. The van der Waals surface area contributed by atoms with Gasteiger partial charge >= 0.3 is 5.97 Å². The van der Waals surface area contributed by atoms with Crippen LogP contribution < -0.4 is 10.1 Å². The van der Waals surface area contributed by atoms with E-state index in [9.17, 15) is 4.79 Å². The average Bonchev–Trinajstić information content (AvgIpc) is 3.16. The van der Waals surface area contributed by atoms with E-state index in [1.165, 1.54) is 0 Å². The van der Waals surface area contributed by atoms with Gasteiger partial charge in [0.05, 0.1) is 5.92 Å². The lowest BCUT2D eigenvalue weighted by Gasteiger charge is -2.34. The molecule has 0 saturated carbocycles. The normalized spacial score (nSPS) is 12.9. The van der Waals surface area contributed by atoms with Crippen molar-refractivity contribution in [3.05, 3.63) is 84.6 Å². The first-order valence-electron chi connectivity index (χ1n) is 12.7. The van der Waals surface area contributed by atoms with E-state index in [4.69, 9.17) is 9.72 Å². The molecular formula is C31H37N3O2. The molecule has 1 N–H and O–H groups in total. The van der Waals surface area contributed by atoms with E-state index in [0.717, 1.165) is 34.7 Å². The Balaban J connectivity index is 1.75. The van der Waals surface area contributed by atoms with Crippen LogP contribution in [0.4, 0.5) is 5.82 Å². The third-order valence-electron chi connectivity index (χ3n) is 6.21. The second-order valence-corrected chi connectivity index (χ2v) is 11.3. The van der Waals surface area contributed by atoms with E-state index in [2.05, 4.69) is 44.3 Å². The third-order valence-corrected chi connectivity index (χ3v) is 6.21.